The van der Waals surface area contributed by atoms with Crippen molar-refractivity contribution in [2.45, 2.75) is 19.0 Å². The van der Waals surface area contributed by atoms with E-state index in [9.17, 15) is 0 Å². The number of rotatable bonds is 6. The van der Waals surface area contributed by atoms with E-state index in [4.69, 9.17) is 0 Å². The molecule has 0 atom stereocenters. The number of hydrogen-bond acceptors (Lipinski definition) is 4. The van der Waals surface area contributed by atoms with Gasteiger partial charge in [0, 0.05) is 11.3 Å². The normalized spacial score (nSPS) is 15.4. The van der Waals surface area contributed by atoms with Crippen LogP contribution in [-0.4, -0.2) is 26.3 Å². The topological polar surface area (TPSA) is 43.1 Å². The van der Waals surface area contributed by atoms with E-state index in [-0.39, 0.29) is 0 Å². The van der Waals surface area contributed by atoms with Crippen molar-refractivity contribution >= 4 is 23.0 Å². The van der Waals surface area contributed by atoms with Crippen molar-refractivity contribution in [3.63, 3.8) is 0 Å². The molecular formula is C18H20N4S. The molecule has 1 aromatic rings. The summed E-state index contributed by atoms with van der Waals surface area (Å²) in [6.45, 7) is 11.9. The van der Waals surface area contributed by atoms with Gasteiger partial charge in [-0.1, -0.05) is 73.5 Å². The highest BCUT2D eigenvalue weighted by Crippen LogP contribution is 2.26. The lowest BCUT2D eigenvalue weighted by atomic mass is 10.1. The Hall–Kier alpha value is -2.40. The number of aromatic nitrogens is 3. The van der Waals surface area contributed by atoms with Gasteiger partial charge in [0.15, 0.2) is 5.82 Å². The molecule has 23 heavy (non-hydrogen) atoms. The highest BCUT2D eigenvalue weighted by Gasteiger charge is 2.20. The summed E-state index contributed by atoms with van der Waals surface area (Å²) in [7, 11) is 0. The highest BCUT2D eigenvalue weighted by atomic mass is 32.2. The first-order valence-electron chi connectivity index (χ1n) is 7.31. The van der Waals surface area contributed by atoms with Crippen LogP contribution in [0.15, 0.2) is 77.6 Å². The second kappa shape index (κ2) is 8.29. The van der Waals surface area contributed by atoms with Gasteiger partial charge < -0.3 is 0 Å². The minimum absolute atomic E-state index is 0.653. The number of nitrogens with zero attached hydrogens (tertiary/aromatic N) is 4. The summed E-state index contributed by atoms with van der Waals surface area (Å²) in [5.74, 6) is 1.40. The third kappa shape index (κ3) is 4.07. The molecule has 0 amide bonds. The number of hydrogen-bond donors (Lipinski definition) is 0. The van der Waals surface area contributed by atoms with Crippen molar-refractivity contribution in [3.8, 4) is 0 Å². The van der Waals surface area contributed by atoms with Gasteiger partial charge in [0.1, 0.15) is 0 Å². The maximum atomic E-state index is 4.68. The maximum Gasteiger partial charge on any atom is 0.212 e. The van der Waals surface area contributed by atoms with Gasteiger partial charge >= 0.3 is 0 Å². The zero-order chi connectivity index (χ0) is 16.7. The molecule has 0 radical (unpaired) electrons. The summed E-state index contributed by atoms with van der Waals surface area (Å²) in [5.41, 5.74) is 2.71. The smallest absolute Gasteiger partial charge is 0.187 e. The van der Waals surface area contributed by atoms with Crippen molar-refractivity contribution in [1.29, 1.82) is 0 Å². The van der Waals surface area contributed by atoms with Crippen molar-refractivity contribution in [2.24, 2.45) is 5.10 Å². The average Bonchev–Trinajstić information content (AvgIpc) is 2.99. The van der Waals surface area contributed by atoms with E-state index in [1.165, 1.54) is 0 Å². The zero-order valence-corrected chi connectivity index (χ0v) is 14.3. The lowest BCUT2D eigenvalue weighted by molar-refractivity contribution is 0.749. The molecule has 5 heteroatoms. The van der Waals surface area contributed by atoms with Gasteiger partial charge in [0.05, 0.1) is 5.71 Å². The van der Waals surface area contributed by atoms with E-state index >= 15 is 0 Å². The molecule has 0 N–H and O–H groups in total. The van der Waals surface area contributed by atoms with Crippen LogP contribution < -0.4 is 0 Å². The van der Waals surface area contributed by atoms with E-state index in [0.717, 1.165) is 27.8 Å². The van der Waals surface area contributed by atoms with E-state index in [1.54, 1.807) is 16.4 Å². The lowest BCUT2D eigenvalue weighted by Gasteiger charge is -2.14. The van der Waals surface area contributed by atoms with Crippen LogP contribution in [0, 0.1) is 0 Å². The fraction of sp³-hybridized carbons (Fsp3) is 0.167. The number of fused-ring (bicyclic) bond motifs is 1. The quantitative estimate of drug-likeness (QED) is 0.727. The molecule has 2 rings (SSSR count). The molecule has 0 saturated heterocycles. The average molecular weight is 324 g/mol. The molecular weight excluding hydrogens is 304 g/mol. The van der Waals surface area contributed by atoms with Gasteiger partial charge in [-0.05, 0) is 19.4 Å². The molecule has 0 saturated carbocycles. The van der Waals surface area contributed by atoms with Gasteiger partial charge in [-0.25, -0.2) is 0 Å². The molecule has 0 spiro atoms. The molecule has 118 valence electrons. The fourth-order valence-electron chi connectivity index (χ4n) is 1.91. The van der Waals surface area contributed by atoms with Crippen LogP contribution >= 0.6 is 11.8 Å². The van der Waals surface area contributed by atoms with Crippen LogP contribution in [0.1, 0.15) is 19.7 Å². The Morgan fingerprint density at radius 2 is 1.96 bits per heavy atom. The van der Waals surface area contributed by atoms with Crippen molar-refractivity contribution in [1.82, 2.24) is 14.9 Å². The molecule has 1 aromatic heterocycles. The Labute approximate surface area is 141 Å². The Balaban J connectivity index is 2.37. The molecule has 2 heterocycles. The first-order valence-corrected chi connectivity index (χ1v) is 8.30. The van der Waals surface area contributed by atoms with Gasteiger partial charge in [0.2, 0.25) is 5.16 Å². The molecule has 4 nitrogen and oxygen atoms in total. The number of thioether (sulfide) groups is 1. The first kappa shape index (κ1) is 17.0. The zero-order valence-electron chi connectivity index (χ0n) is 13.4. The van der Waals surface area contributed by atoms with Gasteiger partial charge in [-0.2, -0.15) is 9.78 Å². The molecule has 0 aliphatic carbocycles. The SMILES string of the molecule is C=C/C(=C\C=C/C)C1=Nn2c(nnc2C(=C)/C=C\C=C/C)SC1. The van der Waals surface area contributed by atoms with Crippen molar-refractivity contribution in [2.75, 3.05) is 5.75 Å². The summed E-state index contributed by atoms with van der Waals surface area (Å²) < 4.78 is 1.75. The predicted octanol–water partition coefficient (Wildman–Crippen LogP) is 4.42. The molecule has 1 aliphatic heterocycles. The minimum Gasteiger partial charge on any atom is -0.187 e. The van der Waals surface area contributed by atoms with E-state index in [2.05, 4.69) is 28.5 Å². The Bertz CT molecular complexity index is 745. The molecule has 0 fully saturated rings. The molecule has 1 aliphatic rings. The highest BCUT2D eigenvalue weighted by molar-refractivity contribution is 7.99. The monoisotopic (exact) mass is 324 g/mol. The van der Waals surface area contributed by atoms with Crippen LogP contribution in [0.2, 0.25) is 0 Å². The van der Waals surface area contributed by atoms with Crippen LogP contribution in [0.25, 0.3) is 5.57 Å². The van der Waals surface area contributed by atoms with Gasteiger partial charge in [-0.3, -0.25) is 0 Å². The molecule has 0 unspecified atom stereocenters. The Morgan fingerprint density at radius 3 is 2.65 bits per heavy atom. The third-order valence-corrected chi connectivity index (χ3v) is 4.01. The van der Waals surface area contributed by atoms with E-state index < -0.39 is 0 Å². The molecule has 0 aromatic carbocycles. The Morgan fingerprint density at radius 1 is 1.17 bits per heavy atom. The first-order chi connectivity index (χ1) is 11.2. The third-order valence-electron chi connectivity index (χ3n) is 3.08. The fourth-order valence-corrected chi connectivity index (χ4v) is 2.75. The van der Waals surface area contributed by atoms with Crippen molar-refractivity contribution in [3.05, 3.63) is 73.2 Å². The summed E-state index contributed by atoms with van der Waals surface area (Å²) in [6, 6.07) is 0. The van der Waals surface area contributed by atoms with E-state index in [1.807, 2.05) is 62.5 Å². The van der Waals surface area contributed by atoms with Gasteiger partial charge in [0.25, 0.3) is 0 Å². The standard InChI is InChI=1S/C18H20N4S/c1-5-8-10-11-14(4)17-19-20-18-22(17)21-16(13-23-18)15(7-3)12-9-6-2/h5-12H,3-4,13H2,1-2H3/b8-5-,9-6-,11-10-,15-12+. The van der Waals surface area contributed by atoms with Crippen LogP contribution in [0.3, 0.4) is 0 Å². The second-order valence-electron chi connectivity index (χ2n) is 4.72. The molecule has 0 bridgehead atoms. The predicted molar refractivity (Wildman–Crippen MR) is 99.7 cm³/mol. The van der Waals surface area contributed by atoms with Gasteiger partial charge in [-0.15, -0.1) is 10.2 Å². The maximum absolute atomic E-state index is 4.68. The second-order valence-corrected chi connectivity index (χ2v) is 5.66. The largest absolute Gasteiger partial charge is 0.212 e. The summed E-state index contributed by atoms with van der Waals surface area (Å²) in [4.78, 5) is 0. The number of allylic oxidation sites excluding steroid dienone is 10. The summed E-state index contributed by atoms with van der Waals surface area (Å²) in [6.07, 6.45) is 15.5. The van der Waals surface area contributed by atoms with E-state index in [0.29, 0.717) is 5.82 Å². The van der Waals surface area contributed by atoms with Crippen molar-refractivity contribution < 1.29 is 0 Å². The van der Waals surface area contributed by atoms with Crippen LogP contribution in [-0.2, 0) is 0 Å². The summed E-state index contributed by atoms with van der Waals surface area (Å²) in [5, 5.41) is 13.9. The summed E-state index contributed by atoms with van der Waals surface area (Å²) >= 11 is 1.61. The van der Waals surface area contributed by atoms with Crippen LogP contribution in [0.4, 0.5) is 0 Å². The Kier molecular flexibility index (Phi) is 6.11. The lowest BCUT2D eigenvalue weighted by Crippen LogP contribution is -2.14. The minimum atomic E-state index is 0.653. The van der Waals surface area contributed by atoms with Crippen LogP contribution in [0.5, 0.6) is 0 Å².